The number of fused-ring (bicyclic) bond motifs is 18. The van der Waals surface area contributed by atoms with Crippen molar-refractivity contribution in [1.82, 2.24) is 0 Å². The van der Waals surface area contributed by atoms with Crippen molar-refractivity contribution in [2.45, 2.75) is 24.7 Å². The lowest BCUT2D eigenvalue weighted by molar-refractivity contribution is 0.632. The fourth-order valence-electron chi connectivity index (χ4n) is 11.5. The molecule has 10 aromatic carbocycles. The molecule has 0 fully saturated rings. The zero-order chi connectivity index (χ0) is 39.0. The summed E-state index contributed by atoms with van der Waals surface area (Å²) in [6.45, 7) is 4.69. The zero-order valence-corrected chi connectivity index (χ0v) is 33.0. The third-order valence-electron chi connectivity index (χ3n) is 14.0. The van der Waals surface area contributed by atoms with Gasteiger partial charge in [-0.2, -0.15) is 0 Å². The molecule has 59 heavy (non-hydrogen) atoms. The van der Waals surface area contributed by atoms with E-state index in [9.17, 15) is 0 Å². The smallest absolute Gasteiger partial charge is 0.0725 e. The lowest BCUT2D eigenvalue weighted by Gasteiger charge is -2.42. The summed E-state index contributed by atoms with van der Waals surface area (Å²) in [6.07, 6.45) is 0. The highest BCUT2D eigenvalue weighted by Gasteiger charge is 2.51. The summed E-state index contributed by atoms with van der Waals surface area (Å²) < 4.78 is 0. The van der Waals surface area contributed by atoms with Crippen molar-refractivity contribution in [2.75, 3.05) is 4.90 Å². The molecule has 1 heterocycles. The molecule has 13 rings (SSSR count). The monoisotopic (exact) mass is 749 g/mol. The minimum atomic E-state index is -0.382. The van der Waals surface area contributed by atoms with Gasteiger partial charge < -0.3 is 4.90 Å². The predicted molar refractivity (Wildman–Crippen MR) is 248 cm³/mol. The van der Waals surface area contributed by atoms with Gasteiger partial charge in [-0.1, -0.05) is 172 Å². The Morgan fingerprint density at radius 2 is 0.763 bits per heavy atom. The highest BCUT2D eigenvalue weighted by atomic mass is 15.2. The number of hydrogen-bond donors (Lipinski definition) is 0. The van der Waals surface area contributed by atoms with Gasteiger partial charge in [-0.05, 0) is 142 Å². The summed E-state index contributed by atoms with van der Waals surface area (Å²) in [6, 6.07) is 75.5. The Hall–Kier alpha value is -7.22. The summed E-state index contributed by atoms with van der Waals surface area (Å²) in [4.78, 5) is 2.46. The average Bonchev–Trinajstić information content (AvgIpc) is 3.76. The topological polar surface area (TPSA) is 3.24 Å². The Balaban J connectivity index is 1.04. The van der Waals surface area contributed by atoms with E-state index in [1.165, 1.54) is 116 Å². The maximum atomic E-state index is 2.56. The molecule has 1 heteroatoms. The first-order valence-electron chi connectivity index (χ1n) is 20.8. The van der Waals surface area contributed by atoms with Gasteiger partial charge in [0, 0.05) is 11.1 Å². The molecule has 0 saturated heterocycles. The van der Waals surface area contributed by atoms with Gasteiger partial charge in [0.2, 0.25) is 0 Å². The fraction of sp³-hybridized carbons (Fsp3) is 0.0690. The van der Waals surface area contributed by atoms with Gasteiger partial charge >= 0.3 is 0 Å². The number of hydrogen-bond acceptors (Lipinski definition) is 1. The maximum Gasteiger partial charge on any atom is 0.0725 e. The molecule has 1 aliphatic heterocycles. The first-order chi connectivity index (χ1) is 29.0. The number of anilines is 3. The maximum absolute atomic E-state index is 2.56. The van der Waals surface area contributed by atoms with Gasteiger partial charge in [0.25, 0.3) is 0 Å². The quantitative estimate of drug-likeness (QED) is 0.159. The number of rotatable bonds is 2. The van der Waals surface area contributed by atoms with Crippen molar-refractivity contribution in [3.05, 3.63) is 234 Å². The van der Waals surface area contributed by atoms with Gasteiger partial charge in [0.05, 0.1) is 16.8 Å². The van der Waals surface area contributed by atoms with Crippen LogP contribution in [0.2, 0.25) is 0 Å². The molecule has 0 unspecified atom stereocenters. The fourth-order valence-corrected chi connectivity index (χ4v) is 11.5. The number of nitrogens with zero attached hydrogens (tertiary/aromatic N) is 1. The molecule has 0 atom stereocenters. The van der Waals surface area contributed by atoms with Crippen molar-refractivity contribution in [3.8, 4) is 33.4 Å². The van der Waals surface area contributed by atoms with Gasteiger partial charge in [0.15, 0.2) is 0 Å². The molecule has 2 aliphatic carbocycles. The minimum Gasteiger partial charge on any atom is -0.310 e. The van der Waals surface area contributed by atoms with Crippen molar-refractivity contribution in [2.24, 2.45) is 0 Å². The molecular weight excluding hydrogens is 711 g/mol. The van der Waals surface area contributed by atoms with Crippen LogP contribution in [-0.2, 0) is 10.8 Å². The first kappa shape index (κ1) is 32.8. The highest BCUT2D eigenvalue weighted by Crippen LogP contribution is 2.63. The molecule has 1 nitrogen and oxygen atoms in total. The van der Waals surface area contributed by atoms with E-state index in [1.54, 1.807) is 0 Å². The lowest BCUT2D eigenvalue weighted by Crippen LogP contribution is -2.30. The molecule has 0 N–H and O–H groups in total. The van der Waals surface area contributed by atoms with Crippen LogP contribution in [0, 0.1) is 0 Å². The Labute approximate surface area is 344 Å². The lowest BCUT2D eigenvalue weighted by atomic mass is 9.70. The van der Waals surface area contributed by atoms with Crippen LogP contribution >= 0.6 is 0 Å². The average molecular weight is 750 g/mol. The van der Waals surface area contributed by atoms with Crippen LogP contribution < -0.4 is 4.90 Å². The number of benzene rings is 10. The molecular formula is C58H39N. The second-order valence-corrected chi connectivity index (χ2v) is 17.2. The van der Waals surface area contributed by atoms with E-state index in [-0.39, 0.29) is 10.8 Å². The van der Waals surface area contributed by atoms with E-state index in [0.29, 0.717) is 0 Å². The molecule has 0 aromatic heterocycles. The summed E-state index contributed by atoms with van der Waals surface area (Å²) in [7, 11) is 0. The zero-order valence-electron chi connectivity index (χ0n) is 33.0. The molecule has 10 aromatic rings. The molecule has 0 saturated carbocycles. The van der Waals surface area contributed by atoms with Gasteiger partial charge in [-0.15, -0.1) is 0 Å². The van der Waals surface area contributed by atoms with Crippen LogP contribution in [-0.4, -0.2) is 0 Å². The molecule has 1 spiro atoms. The van der Waals surface area contributed by atoms with Crippen LogP contribution in [0.15, 0.2) is 200 Å². The van der Waals surface area contributed by atoms with Crippen molar-refractivity contribution >= 4 is 49.4 Å². The van der Waals surface area contributed by atoms with Crippen molar-refractivity contribution in [3.63, 3.8) is 0 Å². The predicted octanol–water partition coefficient (Wildman–Crippen LogP) is 15.3. The largest absolute Gasteiger partial charge is 0.310 e. The van der Waals surface area contributed by atoms with Crippen molar-refractivity contribution in [1.29, 1.82) is 0 Å². The third kappa shape index (κ3) is 4.19. The molecule has 3 aliphatic rings. The SMILES string of the molecule is CC1(C)c2ccccc2N(c2cccc(-c3ccc4c(c3)c3ccccc3c3cc5c(cc43)C3(c4ccccc4-c4ccccc43)c3ccccc3-5)c2)c2ccccc21. The normalized spacial score (nSPS) is 14.8. The number of para-hydroxylation sites is 2. The van der Waals surface area contributed by atoms with Crippen LogP contribution in [0.1, 0.15) is 47.2 Å². The Bertz CT molecular complexity index is 3340. The van der Waals surface area contributed by atoms with Gasteiger partial charge in [-0.25, -0.2) is 0 Å². The van der Waals surface area contributed by atoms with Crippen LogP contribution in [0.4, 0.5) is 17.1 Å². The molecule has 0 bridgehead atoms. The molecule has 0 amide bonds. The second-order valence-electron chi connectivity index (χ2n) is 17.2. The second kappa shape index (κ2) is 11.7. The Morgan fingerprint density at radius 3 is 1.37 bits per heavy atom. The van der Waals surface area contributed by atoms with E-state index < -0.39 is 0 Å². The van der Waals surface area contributed by atoms with Gasteiger partial charge in [-0.3, -0.25) is 0 Å². The summed E-state index contributed by atoms with van der Waals surface area (Å²) in [5.74, 6) is 0. The van der Waals surface area contributed by atoms with E-state index >= 15 is 0 Å². The summed E-state index contributed by atoms with van der Waals surface area (Å²) in [5.41, 5.74) is 19.1. The minimum absolute atomic E-state index is 0.101. The summed E-state index contributed by atoms with van der Waals surface area (Å²) >= 11 is 0. The molecule has 276 valence electrons. The van der Waals surface area contributed by atoms with E-state index in [0.717, 1.165) is 0 Å². The highest BCUT2D eigenvalue weighted by molar-refractivity contribution is 6.27. The van der Waals surface area contributed by atoms with E-state index in [4.69, 9.17) is 0 Å². The summed E-state index contributed by atoms with van der Waals surface area (Å²) in [5, 5.41) is 7.75. The van der Waals surface area contributed by atoms with Crippen molar-refractivity contribution < 1.29 is 0 Å². The van der Waals surface area contributed by atoms with Crippen LogP contribution in [0.25, 0.3) is 65.7 Å². The van der Waals surface area contributed by atoms with Gasteiger partial charge in [0.1, 0.15) is 0 Å². The standard InChI is InChI=1S/C58H39N/c1-57(2)52-26-11-13-28-55(52)59(56-29-14-12-27-53(56)57)38-17-15-16-36(32-38)37-30-31-41-45(33-37)39-18-3-4-19-40(39)46-34-48-44-22-7-10-25-51(44)58(54(48)35-47(41)46)49-23-8-5-20-42(49)43-21-6-9-24-50(43)58/h3-35H,1-2H3. The van der Waals surface area contributed by atoms with Crippen LogP contribution in [0.5, 0.6) is 0 Å². The van der Waals surface area contributed by atoms with E-state index in [2.05, 4.69) is 219 Å². The first-order valence-corrected chi connectivity index (χ1v) is 20.8. The third-order valence-corrected chi connectivity index (χ3v) is 14.0. The Kier molecular flexibility index (Phi) is 6.50. The van der Waals surface area contributed by atoms with E-state index in [1.807, 2.05) is 0 Å². The molecule has 0 radical (unpaired) electrons. The Morgan fingerprint density at radius 1 is 0.305 bits per heavy atom. The van der Waals surface area contributed by atoms with Crippen LogP contribution in [0.3, 0.4) is 0 Å².